The van der Waals surface area contributed by atoms with Crippen LogP contribution in [0.2, 0.25) is 0 Å². The molecule has 2 aromatic heterocycles. The fraction of sp³-hybridized carbons (Fsp3) is 0.500. The number of hydrogen-bond donors (Lipinski definition) is 0. The first-order valence-corrected chi connectivity index (χ1v) is 8.41. The lowest BCUT2D eigenvalue weighted by Crippen LogP contribution is -2.26. The number of aryl methyl sites for hydroxylation is 1. The number of thiophene rings is 1. The average Bonchev–Trinajstić information content (AvgIpc) is 2.78. The van der Waals surface area contributed by atoms with Crippen molar-refractivity contribution in [1.29, 1.82) is 0 Å². The third-order valence-electron chi connectivity index (χ3n) is 3.11. The Balaban J connectivity index is 2.41. The van der Waals surface area contributed by atoms with Gasteiger partial charge >= 0.3 is 11.9 Å². The molecule has 0 saturated carbocycles. The molecule has 0 aliphatic carbocycles. The van der Waals surface area contributed by atoms with Gasteiger partial charge < -0.3 is 9.47 Å². The summed E-state index contributed by atoms with van der Waals surface area (Å²) in [5, 5.41) is 0.329. The molecule has 0 N–H and O–H groups in total. The van der Waals surface area contributed by atoms with Crippen molar-refractivity contribution in [1.82, 2.24) is 9.55 Å². The van der Waals surface area contributed by atoms with Gasteiger partial charge in [0, 0.05) is 0 Å². The van der Waals surface area contributed by atoms with E-state index >= 15 is 0 Å². The fourth-order valence-electron chi connectivity index (χ4n) is 2.17. The first-order chi connectivity index (χ1) is 11.2. The van der Waals surface area contributed by atoms with Crippen molar-refractivity contribution >= 4 is 33.5 Å². The van der Waals surface area contributed by atoms with E-state index in [0.717, 1.165) is 11.3 Å². The Kier molecular flexibility index (Phi) is 5.38. The quantitative estimate of drug-likeness (QED) is 0.767. The molecule has 130 valence electrons. The van der Waals surface area contributed by atoms with Gasteiger partial charge in [-0.1, -0.05) is 0 Å². The Morgan fingerprint density at radius 3 is 2.42 bits per heavy atom. The van der Waals surface area contributed by atoms with Crippen LogP contribution in [-0.2, 0) is 20.8 Å². The zero-order valence-corrected chi connectivity index (χ0v) is 15.1. The van der Waals surface area contributed by atoms with E-state index in [2.05, 4.69) is 4.98 Å². The third kappa shape index (κ3) is 3.81. The van der Waals surface area contributed by atoms with E-state index in [9.17, 15) is 14.4 Å². The van der Waals surface area contributed by atoms with Gasteiger partial charge in [0.2, 0.25) is 0 Å². The number of nitrogens with zero attached hydrogens (tertiary/aromatic N) is 2. The molecule has 2 rings (SSSR count). The molecule has 0 aliphatic rings. The second-order valence-electron chi connectivity index (χ2n) is 5.91. The van der Waals surface area contributed by atoms with E-state index in [-0.39, 0.29) is 24.3 Å². The van der Waals surface area contributed by atoms with Crippen LogP contribution in [0.25, 0.3) is 10.2 Å². The van der Waals surface area contributed by atoms with Gasteiger partial charge in [0.1, 0.15) is 16.3 Å². The average molecular weight is 352 g/mol. The van der Waals surface area contributed by atoms with Crippen LogP contribution in [0.5, 0.6) is 0 Å². The minimum absolute atomic E-state index is 0.221. The van der Waals surface area contributed by atoms with Gasteiger partial charge in [0.15, 0.2) is 0 Å². The minimum Gasteiger partial charge on any atom is -0.462 e. The van der Waals surface area contributed by atoms with Crippen LogP contribution in [0.1, 0.15) is 42.9 Å². The lowest BCUT2D eigenvalue weighted by atomic mass is 10.2. The van der Waals surface area contributed by atoms with Crippen LogP contribution >= 0.6 is 11.3 Å². The van der Waals surface area contributed by atoms with Gasteiger partial charge in [0.05, 0.1) is 23.9 Å². The van der Waals surface area contributed by atoms with Crippen LogP contribution in [0.4, 0.5) is 0 Å². The zero-order valence-electron chi connectivity index (χ0n) is 14.3. The summed E-state index contributed by atoms with van der Waals surface area (Å²) in [6.07, 6.45) is 0.780. The van der Waals surface area contributed by atoms with Crippen molar-refractivity contribution in [2.75, 3.05) is 0 Å². The summed E-state index contributed by atoms with van der Waals surface area (Å²) in [6.45, 7) is 8.43. The number of hydrogen-bond acceptors (Lipinski definition) is 7. The van der Waals surface area contributed by atoms with Crippen LogP contribution < -0.4 is 5.56 Å². The van der Waals surface area contributed by atoms with Crippen molar-refractivity contribution in [3.8, 4) is 0 Å². The van der Waals surface area contributed by atoms with Crippen LogP contribution in [-0.4, -0.2) is 33.7 Å². The van der Waals surface area contributed by atoms with Crippen molar-refractivity contribution in [3.63, 3.8) is 0 Å². The molecule has 24 heavy (non-hydrogen) atoms. The molecular formula is C16H20N2O5S. The summed E-state index contributed by atoms with van der Waals surface area (Å²) >= 11 is 1.11. The highest BCUT2D eigenvalue weighted by molar-refractivity contribution is 7.20. The maximum absolute atomic E-state index is 12.6. The van der Waals surface area contributed by atoms with Gasteiger partial charge in [-0.2, -0.15) is 0 Å². The Morgan fingerprint density at radius 1 is 1.21 bits per heavy atom. The Labute approximate surface area is 143 Å². The number of esters is 2. The molecule has 0 amide bonds. The molecule has 0 unspecified atom stereocenters. The Bertz CT molecular complexity index is 835. The molecule has 0 saturated heterocycles. The molecule has 0 atom stereocenters. The molecule has 7 nitrogen and oxygen atoms in total. The number of ether oxygens (including phenoxy) is 2. The maximum Gasteiger partial charge on any atom is 0.348 e. The summed E-state index contributed by atoms with van der Waals surface area (Å²) < 4.78 is 11.4. The second kappa shape index (κ2) is 7.12. The van der Waals surface area contributed by atoms with E-state index in [4.69, 9.17) is 9.47 Å². The predicted octanol–water partition coefficient (Wildman–Crippen LogP) is 2.28. The molecule has 0 aliphatic heterocycles. The van der Waals surface area contributed by atoms with Crippen molar-refractivity contribution in [2.45, 2.75) is 53.4 Å². The largest absolute Gasteiger partial charge is 0.462 e. The van der Waals surface area contributed by atoms with Crippen LogP contribution in [0, 0.1) is 6.92 Å². The highest BCUT2D eigenvalue weighted by Crippen LogP contribution is 2.27. The smallest absolute Gasteiger partial charge is 0.348 e. The molecule has 0 fully saturated rings. The third-order valence-corrected chi connectivity index (χ3v) is 4.29. The first-order valence-electron chi connectivity index (χ1n) is 7.59. The number of fused-ring (bicyclic) bond motifs is 1. The molecule has 2 heterocycles. The number of rotatable bonds is 5. The molecule has 0 radical (unpaired) electrons. The topological polar surface area (TPSA) is 87.5 Å². The van der Waals surface area contributed by atoms with E-state index in [1.54, 1.807) is 34.6 Å². The molecular weight excluding hydrogens is 332 g/mol. The monoisotopic (exact) mass is 352 g/mol. The van der Waals surface area contributed by atoms with Gasteiger partial charge in [-0.15, -0.1) is 11.3 Å². The molecule has 0 spiro atoms. The maximum atomic E-state index is 12.6. The van der Waals surface area contributed by atoms with E-state index < -0.39 is 11.9 Å². The lowest BCUT2D eigenvalue weighted by molar-refractivity contribution is -0.148. The second-order valence-corrected chi connectivity index (χ2v) is 6.91. The van der Waals surface area contributed by atoms with Gasteiger partial charge in [-0.3, -0.25) is 14.2 Å². The summed E-state index contributed by atoms with van der Waals surface area (Å²) in [7, 11) is 0. The number of carbonyl (C=O) groups is 2. The first kappa shape index (κ1) is 18.1. The predicted molar refractivity (Wildman–Crippen MR) is 90.4 cm³/mol. The van der Waals surface area contributed by atoms with E-state index in [1.165, 1.54) is 10.9 Å². The Morgan fingerprint density at radius 2 is 1.83 bits per heavy atom. The SMILES string of the molecule is Cc1c(C(=O)OC(C)C)sc2ncn(CC(=O)OC(C)C)c(=O)c12. The molecule has 2 aromatic rings. The van der Waals surface area contributed by atoms with Crippen LogP contribution in [0.3, 0.4) is 0 Å². The molecule has 0 aromatic carbocycles. The summed E-state index contributed by atoms with van der Waals surface area (Å²) in [4.78, 5) is 41.4. The van der Waals surface area contributed by atoms with Crippen molar-refractivity contribution in [2.24, 2.45) is 0 Å². The summed E-state index contributed by atoms with van der Waals surface area (Å²) in [6, 6.07) is 0. The highest BCUT2D eigenvalue weighted by atomic mass is 32.1. The lowest BCUT2D eigenvalue weighted by Gasteiger charge is -2.09. The number of aromatic nitrogens is 2. The van der Waals surface area contributed by atoms with Crippen molar-refractivity contribution in [3.05, 3.63) is 27.1 Å². The van der Waals surface area contributed by atoms with Gasteiger partial charge in [0.25, 0.3) is 5.56 Å². The van der Waals surface area contributed by atoms with E-state index in [1.807, 2.05) is 0 Å². The zero-order chi connectivity index (χ0) is 18.0. The standard InChI is InChI=1S/C16H20N2O5S/c1-8(2)22-11(19)6-18-7-17-14-12(15(18)20)10(5)13(24-14)16(21)23-9(3)4/h7-9H,6H2,1-5H3. The van der Waals surface area contributed by atoms with E-state index in [0.29, 0.717) is 20.7 Å². The highest BCUT2D eigenvalue weighted by Gasteiger charge is 2.21. The summed E-state index contributed by atoms with van der Waals surface area (Å²) in [5.41, 5.74) is 0.141. The molecule has 0 bridgehead atoms. The fourth-order valence-corrected chi connectivity index (χ4v) is 3.20. The minimum atomic E-state index is -0.513. The van der Waals surface area contributed by atoms with Crippen molar-refractivity contribution < 1.29 is 19.1 Å². The van der Waals surface area contributed by atoms with Crippen LogP contribution in [0.15, 0.2) is 11.1 Å². The Hall–Kier alpha value is -2.22. The number of carbonyl (C=O) groups excluding carboxylic acids is 2. The molecule has 8 heteroatoms. The van der Waals surface area contributed by atoms with Gasteiger partial charge in [-0.25, -0.2) is 9.78 Å². The summed E-state index contributed by atoms with van der Waals surface area (Å²) in [5.74, 6) is -0.990. The van der Waals surface area contributed by atoms with Gasteiger partial charge in [-0.05, 0) is 40.2 Å². The normalized spacial score (nSPS) is 11.3.